The molecule has 0 rings (SSSR count). The number of hydrogen-bond donors (Lipinski definition) is 2. The average Bonchev–Trinajstić information content (AvgIpc) is 2.49. The lowest BCUT2D eigenvalue weighted by Gasteiger charge is -2.09. The molecule has 5 nitrogen and oxygen atoms in total. The normalized spacial score (nSPS) is 11.1. The molecule has 2 N–H and O–H groups in total. The molecular formula is C19H38N2O3. The molecule has 0 unspecified atom stereocenters. The molecule has 0 spiro atoms. The van der Waals surface area contributed by atoms with Crippen LogP contribution < -0.4 is 10.6 Å². The van der Waals surface area contributed by atoms with Gasteiger partial charge in [-0.25, -0.2) is 0 Å². The Kier molecular flexibility index (Phi) is 14.7. The van der Waals surface area contributed by atoms with Gasteiger partial charge in [0.2, 0.25) is 11.8 Å². The van der Waals surface area contributed by atoms with E-state index in [2.05, 4.69) is 24.5 Å². The third-order valence-electron chi connectivity index (χ3n) is 3.65. The largest absolute Gasteiger partial charge is 0.379 e. The summed E-state index contributed by atoms with van der Waals surface area (Å²) >= 11 is 0. The van der Waals surface area contributed by atoms with E-state index < -0.39 is 0 Å². The molecule has 0 aromatic carbocycles. The van der Waals surface area contributed by atoms with Gasteiger partial charge in [-0.3, -0.25) is 9.59 Å². The minimum absolute atomic E-state index is 0.0286. The van der Waals surface area contributed by atoms with E-state index in [4.69, 9.17) is 4.74 Å². The van der Waals surface area contributed by atoms with Gasteiger partial charge in [-0.15, -0.1) is 0 Å². The topological polar surface area (TPSA) is 67.4 Å². The third-order valence-corrected chi connectivity index (χ3v) is 3.65. The summed E-state index contributed by atoms with van der Waals surface area (Å²) in [4.78, 5) is 23.0. The van der Waals surface area contributed by atoms with Crippen molar-refractivity contribution in [3.63, 3.8) is 0 Å². The van der Waals surface area contributed by atoms with Crippen LogP contribution in [0, 0.1) is 0 Å². The molecule has 5 heteroatoms. The minimum atomic E-state index is -0.128. The molecule has 0 aliphatic rings. The zero-order chi connectivity index (χ0) is 18.2. The number of carbonyl (C=O) groups is 2. The van der Waals surface area contributed by atoms with Gasteiger partial charge in [0.05, 0.1) is 12.6 Å². The molecule has 0 fully saturated rings. The first-order valence-electron chi connectivity index (χ1n) is 9.59. The molecule has 142 valence electrons. The van der Waals surface area contributed by atoms with Gasteiger partial charge in [0.25, 0.3) is 0 Å². The van der Waals surface area contributed by atoms with Crippen LogP contribution in [0.4, 0.5) is 0 Å². The Labute approximate surface area is 148 Å². The highest BCUT2D eigenvalue weighted by molar-refractivity contribution is 5.84. The van der Waals surface area contributed by atoms with Crippen molar-refractivity contribution in [2.75, 3.05) is 13.2 Å². The Morgan fingerprint density at radius 2 is 1.33 bits per heavy atom. The lowest BCUT2D eigenvalue weighted by atomic mass is 10.1. The van der Waals surface area contributed by atoms with Gasteiger partial charge < -0.3 is 15.4 Å². The molecule has 0 saturated heterocycles. The number of rotatable bonds is 15. The lowest BCUT2D eigenvalue weighted by Crippen LogP contribution is -2.39. The first-order chi connectivity index (χ1) is 11.4. The number of unbranched alkanes of at least 4 members (excludes halogenated alkanes) is 7. The van der Waals surface area contributed by atoms with Crippen LogP contribution in [0.15, 0.2) is 0 Å². The summed E-state index contributed by atoms with van der Waals surface area (Å²) in [6.45, 7) is 8.90. The zero-order valence-corrected chi connectivity index (χ0v) is 16.2. The van der Waals surface area contributed by atoms with Crippen LogP contribution in [0.1, 0.15) is 85.5 Å². The maximum atomic E-state index is 11.6. The fourth-order valence-corrected chi connectivity index (χ4v) is 2.41. The molecule has 0 aromatic heterocycles. The summed E-state index contributed by atoms with van der Waals surface area (Å²) in [6, 6.07) is 0.108. The second-order valence-corrected chi connectivity index (χ2v) is 7.00. The predicted molar refractivity (Wildman–Crippen MR) is 98.9 cm³/mol. The van der Waals surface area contributed by atoms with E-state index in [-0.39, 0.29) is 24.4 Å². The summed E-state index contributed by atoms with van der Waals surface area (Å²) in [5.74, 6) is -0.156. The molecule has 0 aliphatic carbocycles. The van der Waals surface area contributed by atoms with Crippen molar-refractivity contribution in [3.8, 4) is 0 Å². The van der Waals surface area contributed by atoms with Crippen molar-refractivity contribution in [2.45, 2.75) is 97.6 Å². The molecular weight excluding hydrogens is 304 g/mol. The van der Waals surface area contributed by atoms with Crippen LogP contribution in [0.2, 0.25) is 0 Å². The Balaban J connectivity index is 3.29. The molecule has 0 aromatic rings. The second-order valence-electron chi connectivity index (χ2n) is 7.00. The maximum Gasteiger partial charge on any atom is 0.239 e. The first-order valence-corrected chi connectivity index (χ1v) is 9.59. The van der Waals surface area contributed by atoms with Crippen molar-refractivity contribution in [1.82, 2.24) is 10.6 Å². The molecule has 0 saturated carbocycles. The molecule has 0 aliphatic heterocycles. The highest BCUT2D eigenvalue weighted by Crippen LogP contribution is 2.10. The minimum Gasteiger partial charge on any atom is -0.379 e. The SMILES string of the molecule is CC(C)NC(=O)CNC(=O)CCCCCCCCCCOC(C)C. The third kappa shape index (κ3) is 17.3. The summed E-state index contributed by atoms with van der Waals surface area (Å²) in [5.41, 5.74) is 0. The fourth-order valence-electron chi connectivity index (χ4n) is 2.41. The fraction of sp³-hybridized carbons (Fsp3) is 0.895. The number of hydrogen-bond acceptors (Lipinski definition) is 3. The van der Waals surface area contributed by atoms with Gasteiger partial charge in [0.1, 0.15) is 0 Å². The molecule has 0 heterocycles. The van der Waals surface area contributed by atoms with Crippen LogP contribution in [-0.4, -0.2) is 37.1 Å². The molecule has 0 bridgehead atoms. The van der Waals surface area contributed by atoms with Gasteiger partial charge in [0.15, 0.2) is 0 Å². The van der Waals surface area contributed by atoms with Crippen molar-refractivity contribution >= 4 is 11.8 Å². The van der Waals surface area contributed by atoms with Crippen LogP contribution >= 0.6 is 0 Å². The standard InChI is InChI=1S/C19H38N2O3/c1-16(2)21-19(23)15-20-18(22)13-11-9-7-5-6-8-10-12-14-24-17(3)4/h16-17H,5-15H2,1-4H3,(H,20,22)(H,21,23). The summed E-state index contributed by atoms with van der Waals surface area (Å²) in [6.07, 6.45) is 10.2. The molecule has 2 amide bonds. The van der Waals surface area contributed by atoms with E-state index >= 15 is 0 Å². The quantitative estimate of drug-likeness (QED) is 0.447. The van der Waals surface area contributed by atoms with Gasteiger partial charge in [-0.2, -0.15) is 0 Å². The average molecular weight is 343 g/mol. The molecule has 0 radical (unpaired) electrons. The highest BCUT2D eigenvalue weighted by atomic mass is 16.5. The van der Waals surface area contributed by atoms with Gasteiger partial charge in [-0.05, 0) is 40.5 Å². The van der Waals surface area contributed by atoms with Crippen molar-refractivity contribution in [2.24, 2.45) is 0 Å². The molecule has 0 atom stereocenters. The van der Waals surface area contributed by atoms with E-state index in [0.29, 0.717) is 12.5 Å². The van der Waals surface area contributed by atoms with E-state index in [9.17, 15) is 9.59 Å². The van der Waals surface area contributed by atoms with Crippen LogP contribution in [0.3, 0.4) is 0 Å². The van der Waals surface area contributed by atoms with Gasteiger partial charge in [0, 0.05) is 19.1 Å². The van der Waals surface area contributed by atoms with Gasteiger partial charge >= 0.3 is 0 Å². The second kappa shape index (κ2) is 15.4. The number of carbonyl (C=O) groups excluding carboxylic acids is 2. The number of amides is 2. The Morgan fingerprint density at radius 1 is 0.792 bits per heavy atom. The zero-order valence-electron chi connectivity index (χ0n) is 16.2. The van der Waals surface area contributed by atoms with Crippen LogP contribution in [0.25, 0.3) is 0 Å². The predicted octanol–water partition coefficient (Wildman–Crippen LogP) is 3.56. The monoisotopic (exact) mass is 342 g/mol. The van der Waals surface area contributed by atoms with Crippen molar-refractivity contribution < 1.29 is 14.3 Å². The van der Waals surface area contributed by atoms with E-state index in [1.165, 1.54) is 32.1 Å². The van der Waals surface area contributed by atoms with Crippen LogP contribution in [-0.2, 0) is 14.3 Å². The Bertz CT molecular complexity index is 331. The highest BCUT2D eigenvalue weighted by Gasteiger charge is 2.06. The van der Waals surface area contributed by atoms with Crippen molar-refractivity contribution in [3.05, 3.63) is 0 Å². The maximum absolute atomic E-state index is 11.6. The van der Waals surface area contributed by atoms with E-state index in [0.717, 1.165) is 25.9 Å². The first kappa shape index (κ1) is 22.9. The van der Waals surface area contributed by atoms with Crippen molar-refractivity contribution in [1.29, 1.82) is 0 Å². The molecule has 24 heavy (non-hydrogen) atoms. The Morgan fingerprint density at radius 3 is 1.88 bits per heavy atom. The lowest BCUT2D eigenvalue weighted by molar-refractivity contribution is -0.126. The summed E-state index contributed by atoms with van der Waals surface area (Å²) in [7, 11) is 0. The Hall–Kier alpha value is -1.10. The number of ether oxygens (including phenoxy) is 1. The van der Waals surface area contributed by atoms with Gasteiger partial charge in [-0.1, -0.05) is 38.5 Å². The summed E-state index contributed by atoms with van der Waals surface area (Å²) < 4.78 is 5.51. The van der Waals surface area contributed by atoms with E-state index in [1.807, 2.05) is 13.8 Å². The smallest absolute Gasteiger partial charge is 0.239 e. The number of nitrogens with one attached hydrogen (secondary N) is 2. The summed E-state index contributed by atoms with van der Waals surface area (Å²) in [5, 5.41) is 5.41. The van der Waals surface area contributed by atoms with E-state index in [1.54, 1.807) is 0 Å². The van der Waals surface area contributed by atoms with Crippen LogP contribution in [0.5, 0.6) is 0 Å².